The van der Waals surface area contributed by atoms with Gasteiger partial charge in [0.15, 0.2) is 5.78 Å². The van der Waals surface area contributed by atoms with Crippen LogP contribution in [-0.2, 0) is 0 Å². The minimum atomic E-state index is 0.165. The van der Waals surface area contributed by atoms with Crippen molar-refractivity contribution in [2.75, 3.05) is 14.2 Å². The molecule has 2 atom stereocenters. The highest BCUT2D eigenvalue weighted by Gasteiger charge is 2.24. The van der Waals surface area contributed by atoms with Gasteiger partial charge < -0.3 is 9.47 Å². The summed E-state index contributed by atoms with van der Waals surface area (Å²) in [6, 6.07) is 0. The monoisotopic (exact) mass is 516 g/mol. The molecule has 0 aliphatic rings. The van der Waals surface area contributed by atoms with E-state index in [9.17, 15) is 4.79 Å². The van der Waals surface area contributed by atoms with Gasteiger partial charge in [-0.1, -0.05) is 92.9 Å². The van der Waals surface area contributed by atoms with Crippen LogP contribution in [0.5, 0.6) is 11.5 Å². The summed E-state index contributed by atoms with van der Waals surface area (Å²) < 4.78 is 11.3. The smallest absolute Gasteiger partial charge is 0.167 e. The van der Waals surface area contributed by atoms with Crippen LogP contribution in [0.3, 0.4) is 0 Å². The topological polar surface area (TPSA) is 35.5 Å². The van der Waals surface area contributed by atoms with E-state index in [1.54, 1.807) is 14.2 Å². The van der Waals surface area contributed by atoms with Crippen molar-refractivity contribution in [3.8, 4) is 11.5 Å². The van der Waals surface area contributed by atoms with E-state index in [1.165, 1.54) is 57.8 Å². The molecule has 0 aliphatic carbocycles. The van der Waals surface area contributed by atoms with E-state index in [0.29, 0.717) is 17.7 Å². The Bertz CT molecular complexity index is 821. The zero-order chi connectivity index (χ0) is 28.2. The Balaban J connectivity index is 2.44. The fourth-order valence-corrected chi connectivity index (χ4v) is 5.87. The molecule has 0 aliphatic heterocycles. The number of benzene rings is 1. The molecule has 0 aromatic heterocycles. The fraction of sp³-hybridized carbons (Fsp3) is 0.794. The van der Waals surface area contributed by atoms with Crippen LogP contribution in [0.2, 0.25) is 0 Å². The summed E-state index contributed by atoms with van der Waals surface area (Å²) in [6.07, 6.45) is 14.7. The first-order valence-electron chi connectivity index (χ1n) is 15.1. The molecule has 0 N–H and O–H groups in total. The second kappa shape index (κ2) is 16.5. The second-order valence-corrected chi connectivity index (χ2v) is 13.1. The van der Waals surface area contributed by atoms with Gasteiger partial charge in [-0.3, -0.25) is 4.79 Å². The molecule has 0 saturated heterocycles. The Morgan fingerprint density at radius 3 is 1.65 bits per heavy atom. The first-order valence-corrected chi connectivity index (χ1v) is 15.1. The minimum absolute atomic E-state index is 0.165. The standard InChI is InChI=1S/C34H60O3/c1-24(2)16-12-17-25(3)18-13-19-26(4)20-14-22-34(8,9)23-15-21-30(35)31-29(7)32(36-10)27(5)28(6)33(31)37-11/h24-26H,12-23H2,1-11H3/t25-,26-/m1/s1. The molecule has 0 saturated carbocycles. The molecular formula is C34H60O3. The number of carbonyl (C=O) groups is 1. The number of ketones is 1. The van der Waals surface area contributed by atoms with Crippen LogP contribution in [0, 0.1) is 43.9 Å². The zero-order valence-electron chi connectivity index (χ0n) is 26.4. The summed E-state index contributed by atoms with van der Waals surface area (Å²) in [5, 5.41) is 0. The average molecular weight is 517 g/mol. The Labute approximate surface area is 230 Å². The maximum absolute atomic E-state index is 13.3. The molecule has 0 fully saturated rings. The van der Waals surface area contributed by atoms with Crippen molar-refractivity contribution in [3.05, 3.63) is 22.3 Å². The van der Waals surface area contributed by atoms with E-state index in [-0.39, 0.29) is 11.2 Å². The van der Waals surface area contributed by atoms with E-state index < -0.39 is 0 Å². The van der Waals surface area contributed by atoms with Crippen LogP contribution in [0.15, 0.2) is 0 Å². The Kier molecular flexibility index (Phi) is 14.9. The lowest BCUT2D eigenvalue weighted by molar-refractivity contribution is 0.0970. The molecule has 3 nitrogen and oxygen atoms in total. The molecule has 0 spiro atoms. The van der Waals surface area contributed by atoms with E-state index >= 15 is 0 Å². The molecule has 3 heteroatoms. The van der Waals surface area contributed by atoms with E-state index in [4.69, 9.17) is 9.47 Å². The first kappa shape index (κ1) is 33.5. The number of methoxy groups -OCH3 is 2. The van der Waals surface area contributed by atoms with Gasteiger partial charge >= 0.3 is 0 Å². The Morgan fingerprint density at radius 2 is 1.14 bits per heavy atom. The molecule has 214 valence electrons. The molecule has 37 heavy (non-hydrogen) atoms. The highest BCUT2D eigenvalue weighted by Crippen LogP contribution is 2.39. The number of ether oxygens (including phenoxy) is 2. The second-order valence-electron chi connectivity index (χ2n) is 13.1. The van der Waals surface area contributed by atoms with Crippen molar-refractivity contribution in [2.45, 2.75) is 139 Å². The van der Waals surface area contributed by atoms with E-state index in [0.717, 1.165) is 53.0 Å². The lowest BCUT2D eigenvalue weighted by atomic mass is 9.80. The van der Waals surface area contributed by atoms with Crippen LogP contribution < -0.4 is 9.47 Å². The highest BCUT2D eigenvalue weighted by molar-refractivity contribution is 6.01. The molecule has 0 bridgehead atoms. The maximum Gasteiger partial charge on any atom is 0.167 e. The summed E-state index contributed by atoms with van der Waals surface area (Å²) in [6.45, 7) is 20.3. The van der Waals surface area contributed by atoms with E-state index in [1.807, 2.05) is 20.8 Å². The van der Waals surface area contributed by atoms with Crippen molar-refractivity contribution < 1.29 is 14.3 Å². The number of Topliss-reactive ketones (excluding diaryl/α,β-unsaturated/α-hetero) is 1. The highest BCUT2D eigenvalue weighted by atomic mass is 16.5. The lowest BCUT2D eigenvalue weighted by Crippen LogP contribution is -2.14. The summed E-state index contributed by atoms with van der Waals surface area (Å²) in [5.74, 6) is 4.21. The van der Waals surface area contributed by atoms with Crippen LogP contribution in [-0.4, -0.2) is 20.0 Å². The summed E-state index contributed by atoms with van der Waals surface area (Å²) in [5.41, 5.74) is 3.89. The zero-order valence-corrected chi connectivity index (χ0v) is 26.4. The van der Waals surface area contributed by atoms with Gasteiger partial charge in [0, 0.05) is 12.0 Å². The molecule has 1 aromatic rings. The van der Waals surface area contributed by atoms with Gasteiger partial charge in [-0.15, -0.1) is 0 Å². The molecule has 1 aromatic carbocycles. The number of carbonyl (C=O) groups excluding carboxylic acids is 1. The Hall–Kier alpha value is -1.51. The predicted octanol–water partition coefficient (Wildman–Crippen LogP) is 10.4. The van der Waals surface area contributed by atoms with E-state index in [2.05, 4.69) is 41.5 Å². The fourth-order valence-electron chi connectivity index (χ4n) is 5.87. The third kappa shape index (κ3) is 11.4. The minimum Gasteiger partial charge on any atom is -0.496 e. The van der Waals surface area contributed by atoms with Gasteiger partial charge in [-0.05, 0) is 74.3 Å². The lowest BCUT2D eigenvalue weighted by Gasteiger charge is -2.25. The number of hydrogen-bond donors (Lipinski definition) is 0. The SMILES string of the molecule is COc1c(C)c(C)c(OC)c(C(=O)CCCC(C)(C)CCC[C@H](C)CCC[C@H](C)CCCC(C)C)c1C. The van der Waals surface area contributed by atoms with Crippen LogP contribution in [0.25, 0.3) is 0 Å². The van der Waals surface area contributed by atoms with Crippen molar-refractivity contribution in [3.63, 3.8) is 0 Å². The maximum atomic E-state index is 13.3. The number of hydrogen-bond acceptors (Lipinski definition) is 3. The largest absolute Gasteiger partial charge is 0.496 e. The van der Waals surface area contributed by atoms with Gasteiger partial charge in [-0.2, -0.15) is 0 Å². The first-order chi connectivity index (χ1) is 17.3. The van der Waals surface area contributed by atoms with Crippen molar-refractivity contribution in [1.29, 1.82) is 0 Å². The van der Waals surface area contributed by atoms with Crippen molar-refractivity contribution in [2.24, 2.45) is 23.2 Å². The van der Waals surface area contributed by atoms with Gasteiger partial charge in [0.1, 0.15) is 11.5 Å². The summed E-state index contributed by atoms with van der Waals surface area (Å²) in [7, 11) is 3.33. The molecule has 0 unspecified atom stereocenters. The molecule has 0 radical (unpaired) electrons. The van der Waals surface area contributed by atoms with Crippen molar-refractivity contribution in [1.82, 2.24) is 0 Å². The molecule has 0 heterocycles. The molecule has 0 amide bonds. The van der Waals surface area contributed by atoms with Crippen LogP contribution >= 0.6 is 0 Å². The summed E-state index contributed by atoms with van der Waals surface area (Å²) in [4.78, 5) is 13.3. The van der Waals surface area contributed by atoms with Gasteiger partial charge in [0.25, 0.3) is 0 Å². The van der Waals surface area contributed by atoms with Crippen LogP contribution in [0.4, 0.5) is 0 Å². The van der Waals surface area contributed by atoms with Crippen LogP contribution in [0.1, 0.15) is 146 Å². The van der Waals surface area contributed by atoms with Gasteiger partial charge in [0.05, 0.1) is 19.8 Å². The van der Waals surface area contributed by atoms with Gasteiger partial charge in [-0.25, -0.2) is 0 Å². The Morgan fingerprint density at radius 1 is 0.676 bits per heavy atom. The summed E-state index contributed by atoms with van der Waals surface area (Å²) >= 11 is 0. The third-order valence-corrected chi connectivity index (χ3v) is 8.55. The molecular weight excluding hydrogens is 456 g/mol. The predicted molar refractivity (Wildman–Crippen MR) is 160 cm³/mol. The quantitative estimate of drug-likeness (QED) is 0.172. The normalized spacial score (nSPS) is 13.6. The van der Waals surface area contributed by atoms with Crippen molar-refractivity contribution >= 4 is 5.78 Å². The van der Waals surface area contributed by atoms with Gasteiger partial charge in [0.2, 0.25) is 0 Å². The molecule has 1 rings (SSSR count). The number of rotatable bonds is 19. The third-order valence-electron chi connectivity index (χ3n) is 8.55. The average Bonchev–Trinajstić information content (AvgIpc) is 2.81.